The molecular formula is C15H14FN3O3. The van der Waals surface area contributed by atoms with Crippen LogP contribution in [0, 0.1) is 15.9 Å². The molecule has 1 aromatic rings. The molecule has 2 rings (SSSR count). The number of nitro groups is 1. The predicted octanol–water partition coefficient (Wildman–Crippen LogP) is 3.74. The maximum Gasteiger partial charge on any atom is 0.305 e. The Hall–Kier alpha value is -2.96. The van der Waals surface area contributed by atoms with E-state index in [9.17, 15) is 14.5 Å². The average molecular weight is 303 g/mol. The lowest BCUT2D eigenvalue weighted by molar-refractivity contribution is -0.387. The van der Waals surface area contributed by atoms with E-state index in [0.717, 1.165) is 17.8 Å². The van der Waals surface area contributed by atoms with Gasteiger partial charge < -0.3 is 4.74 Å². The minimum absolute atomic E-state index is 0.182. The summed E-state index contributed by atoms with van der Waals surface area (Å²) in [5, 5.41) is 16.4. The molecule has 0 aliphatic carbocycles. The predicted molar refractivity (Wildman–Crippen MR) is 80.7 cm³/mol. The van der Waals surface area contributed by atoms with Crippen LogP contribution >= 0.6 is 0 Å². The van der Waals surface area contributed by atoms with E-state index in [0.29, 0.717) is 5.76 Å². The molecule has 0 unspecified atom stereocenters. The van der Waals surface area contributed by atoms with E-state index in [-0.39, 0.29) is 5.75 Å². The highest BCUT2D eigenvalue weighted by atomic mass is 19.1. The van der Waals surface area contributed by atoms with E-state index in [2.05, 4.69) is 5.10 Å². The van der Waals surface area contributed by atoms with Gasteiger partial charge in [0.25, 0.3) is 0 Å². The van der Waals surface area contributed by atoms with E-state index in [4.69, 9.17) is 4.74 Å². The molecule has 0 radical (unpaired) electrons. The summed E-state index contributed by atoms with van der Waals surface area (Å²) in [6, 6.07) is 3.41. The minimum atomic E-state index is -0.939. The summed E-state index contributed by atoms with van der Waals surface area (Å²) in [6.07, 6.45) is 8.59. The Morgan fingerprint density at radius 3 is 2.77 bits per heavy atom. The molecule has 1 aliphatic rings. The molecule has 22 heavy (non-hydrogen) atoms. The molecule has 0 saturated heterocycles. The number of halogens is 1. The number of hydrazone groups is 1. The third-order valence-corrected chi connectivity index (χ3v) is 2.82. The summed E-state index contributed by atoms with van der Waals surface area (Å²) >= 11 is 0. The summed E-state index contributed by atoms with van der Waals surface area (Å²) < 4.78 is 19.1. The van der Waals surface area contributed by atoms with Gasteiger partial charge in [0.1, 0.15) is 11.5 Å². The van der Waals surface area contributed by atoms with Gasteiger partial charge in [0.2, 0.25) is 5.82 Å². The topological polar surface area (TPSA) is 68.0 Å². The van der Waals surface area contributed by atoms with E-state index < -0.39 is 16.4 Å². The number of hydrogen-bond donors (Lipinski definition) is 0. The molecule has 0 amide bonds. The molecule has 0 saturated carbocycles. The van der Waals surface area contributed by atoms with Gasteiger partial charge in [0, 0.05) is 30.6 Å². The fourth-order valence-electron chi connectivity index (χ4n) is 1.83. The van der Waals surface area contributed by atoms with Crippen molar-refractivity contribution in [1.82, 2.24) is 5.01 Å². The summed E-state index contributed by atoms with van der Waals surface area (Å²) in [4.78, 5) is 9.80. The molecule has 1 aromatic carbocycles. The van der Waals surface area contributed by atoms with Gasteiger partial charge in [-0.15, -0.1) is 0 Å². The Kier molecular flexibility index (Phi) is 4.67. The number of rotatable bonds is 4. The number of nitrogens with zero attached hydrogens (tertiary/aromatic N) is 3. The molecule has 6 nitrogen and oxygen atoms in total. The zero-order valence-corrected chi connectivity index (χ0v) is 12.1. The third-order valence-electron chi connectivity index (χ3n) is 2.82. The number of nitro benzene ring substituents is 1. The van der Waals surface area contributed by atoms with Crippen LogP contribution in [0.3, 0.4) is 0 Å². The molecule has 7 heteroatoms. The smallest absolute Gasteiger partial charge is 0.305 e. The Morgan fingerprint density at radius 1 is 1.41 bits per heavy atom. The zero-order chi connectivity index (χ0) is 16.1. The SMILES string of the molecule is CC=C1C=C(Oc2ccc([N+](=O)[O-])c(F)c2)C=CN1/N=C\C. The highest BCUT2D eigenvalue weighted by molar-refractivity contribution is 5.53. The van der Waals surface area contributed by atoms with Gasteiger partial charge in [0.15, 0.2) is 0 Å². The van der Waals surface area contributed by atoms with Gasteiger partial charge in [-0.05, 0) is 26.0 Å². The fourth-order valence-corrected chi connectivity index (χ4v) is 1.83. The average Bonchev–Trinajstić information content (AvgIpc) is 2.48. The lowest BCUT2D eigenvalue weighted by Crippen LogP contribution is -2.13. The first-order valence-electron chi connectivity index (χ1n) is 6.51. The van der Waals surface area contributed by atoms with Crippen LogP contribution in [-0.2, 0) is 0 Å². The molecule has 0 spiro atoms. The van der Waals surface area contributed by atoms with Crippen LogP contribution in [0.2, 0.25) is 0 Å². The maximum atomic E-state index is 13.6. The van der Waals surface area contributed by atoms with Gasteiger partial charge in [-0.2, -0.15) is 9.49 Å². The second kappa shape index (κ2) is 6.66. The van der Waals surface area contributed by atoms with Crippen molar-refractivity contribution in [1.29, 1.82) is 0 Å². The standard InChI is InChI=1S/C15H14FN3O3/c1-3-11-9-13(7-8-18(11)17-4-2)22-12-5-6-15(19(20)21)14(16)10-12/h3-10H,1-2H3/b11-3?,17-4-. The number of allylic oxidation sites excluding steroid dienone is 3. The lowest BCUT2D eigenvalue weighted by atomic mass is 10.2. The lowest BCUT2D eigenvalue weighted by Gasteiger charge is -2.20. The maximum absolute atomic E-state index is 13.6. The Bertz CT molecular complexity index is 708. The summed E-state index contributed by atoms with van der Waals surface area (Å²) in [6.45, 7) is 3.66. The molecule has 114 valence electrons. The van der Waals surface area contributed by atoms with E-state index >= 15 is 0 Å². The van der Waals surface area contributed by atoms with Gasteiger partial charge in [0.05, 0.1) is 10.6 Å². The summed E-state index contributed by atoms with van der Waals surface area (Å²) in [5.74, 6) is -0.280. The second-order valence-electron chi connectivity index (χ2n) is 4.27. The number of benzene rings is 1. The van der Waals surface area contributed by atoms with Crippen LogP contribution in [0.4, 0.5) is 10.1 Å². The molecule has 0 aromatic heterocycles. The number of ether oxygens (including phenoxy) is 1. The van der Waals surface area contributed by atoms with Crippen LogP contribution < -0.4 is 4.74 Å². The number of hydrogen-bond acceptors (Lipinski definition) is 5. The van der Waals surface area contributed by atoms with Gasteiger partial charge >= 0.3 is 5.69 Å². The summed E-state index contributed by atoms with van der Waals surface area (Å²) in [7, 11) is 0. The van der Waals surface area contributed by atoms with Crippen LogP contribution in [0.1, 0.15) is 13.8 Å². The van der Waals surface area contributed by atoms with Crippen LogP contribution in [0.15, 0.2) is 59.2 Å². The molecule has 1 heterocycles. The molecule has 0 fully saturated rings. The largest absolute Gasteiger partial charge is 0.457 e. The zero-order valence-electron chi connectivity index (χ0n) is 12.1. The molecule has 1 aliphatic heterocycles. The Balaban J connectivity index is 2.20. The van der Waals surface area contributed by atoms with Crippen molar-refractivity contribution in [2.24, 2.45) is 5.10 Å². The van der Waals surface area contributed by atoms with Gasteiger partial charge in [-0.3, -0.25) is 10.1 Å². The Morgan fingerprint density at radius 2 is 2.18 bits per heavy atom. The van der Waals surface area contributed by atoms with Crippen molar-refractivity contribution in [3.63, 3.8) is 0 Å². The quantitative estimate of drug-likeness (QED) is 0.483. The van der Waals surface area contributed by atoms with E-state index in [1.54, 1.807) is 36.5 Å². The van der Waals surface area contributed by atoms with Crippen molar-refractivity contribution in [3.05, 3.63) is 70.0 Å². The highest BCUT2D eigenvalue weighted by Crippen LogP contribution is 2.25. The van der Waals surface area contributed by atoms with Crippen molar-refractivity contribution in [2.45, 2.75) is 13.8 Å². The summed E-state index contributed by atoms with van der Waals surface area (Å²) in [5.41, 5.74) is 0.205. The van der Waals surface area contributed by atoms with Crippen LogP contribution in [0.5, 0.6) is 5.75 Å². The second-order valence-corrected chi connectivity index (χ2v) is 4.27. The monoisotopic (exact) mass is 303 g/mol. The van der Waals surface area contributed by atoms with E-state index in [1.165, 1.54) is 6.07 Å². The van der Waals surface area contributed by atoms with Crippen LogP contribution in [0.25, 0.3) is 0 Å². The Labute approximate surface area is 126 Å². The van der Waals surface area contributed by atoms with Crippen molar-refractivity contribution in [2.75, 3.05) is 0 Å². The van der Waals surface area contributed by atoms with Crippen molar-refractivity contribution in [3.8, 4) is 5.75 Å². The molecule has 0 N–H and O–H groups in total. The highest BCUT2D eigenvalue weighted by Gasteiger charge is 2.16. The molecule has 0 bridgehead atoms. The van der Waals surface area contributed by atoms with Crippen LogP contribution in [-0.4, -0.2) is 16.1 Å². The van der Waals surface area contributed by atoms with Gasteiger partial charge in [-0.1, -0.05) is 6.08 Å². The molecular weight excluding hydrogens is 289 g/mol. The third kappa shape index (κ3) is 3.38. The van der Waals surface area contributed by atoms with Crippen molar-refractivity contribution < 1.29 is 14.1 Å². The van der Waals surface area contributed by atoms with E-state index in [1.807, 2.05) is 13.0 Å². The normalized spacial score (nSPS) is 16.2. The molecule has 0 atom stereocenters. The minimum Gasteiger partial charge on any atom is -0.457 e. The van der Waals surface area contributed by atoms with Gasteiger partial charge in [-0.25, -0.2) is 5.01 Å². The van der Waals surface area contributed by atoms with Crippen molar-refractivity contribution >= 4 is 11.9 Å². The first kappa shape index (κ1) is 15.4. The first-order valence-corrected chi connectivity index (χ1v) is 6.51. The first-order chi connectivity index (χ1) is 10.5. The fraction of sp³-hybridized carbons (Fsp3) is 0.133.